The number of aliphatic hydroxyl groups is 2. The third-order valence-electron chi connectivity index (χ3n) is 2.30. The highest BCUT2D eigenvalue weighted by molar-refractivity contribution is 5.74. The molecular formula is C11H16N2O3. The first-order valence-electron chi connectivity index (χ1n) is 5.11. The Morgan fingerprint density at radius 3 is 2.94 bits per heavy atom. The lowest BCUT2D eigenvalue weighted by molar-refractivity contribution is 0.0115. The fourth-order valence-corrected chi connectivity index (χ4v) is 1.35. The van der Waals surface area contributed by atoms with Crippen LogP contribution in [0.4, 0.5) is 0 Å². The summed E-state index contributed by atoms with van der Waals surface area (Å²) in [6.45, 7) is 0.603. The zero-order valence-corrected chi connectivity index (χ0v) is 9.13. The molecule has 3 N–H and O–H groups in total. The van der Waals surface area contributed by atoms with Crippen LogP contribution in [0.15, 0.2) is 18.3 Å². The number of hydrogen-bond donors (Lipinski definition) is 3. The molecule has 0 fully saturated rings. The largest absolute Gasteiger partial charge is 0.390 e. The minimum absolute atomic E-state index is 0.313. The van der Waals surface area contributed by atoms with Crippen molar-refractivity contribution in [2.45, 2.75) is 18.6 Å². The van der Waals surface area contributed by atoms with Gasteiger partial charge in [-0.15, -0.1) is 0 Å². The molecule has 2 unspecified atom stereocenters. The van der Waals surface area contributed by atoms with Crippen LogP contribution in [0.1, 0.15) is 28.6 Å². The van der Waals surface area contributed by atoms with Crippen LogP contribution in [0.2, 0.25) is 0 Å². The average molecular weight is 224 g/mol. The van der Waals surface area contributed by atoms with E-state index in [0.717, 1.165) is 0 Å². The number of aromatic nitrogens is 1. The highest BCUT2D eigenvalue weighted by Gasteiger charge is 2.19. The Kier molecular flexibility index (Phi) is 5.04. The molecule has 0 aliphatic carbocycles. The van der Waals surface area contributed by atoms with Crippen LogP contribution in [0.25, 0.3) is 0 Å². The standard InChI is InChI=1S/C11H16N2O3/c1-12-4-3-10(15)11(16)9-6-8(7-14)2-5-13-9/h2,5-7,10-12,15-16H,3-4H2,1H3. The maximum Gasteiger partial charge on any atom is 0.150 e. The topological polar surface area (TPSA) is 82.5 Å². The number of aldehydes is 1. The first kappa shape index (κ1) is 12.8. The lowest BCUT2D eigenvalue weighted by Crippen LogP contribution is -2.24. The Morgan fingerprint density at radius 1 is 1.56 bits per heavy atom. The van der Waals surface area contributed by atoms with E-state index in [2.05, 4.69) is 10.3 Å². The molecule has 0 aliphatic rings. The van der Waals surface area contributed by atoms with Gasteiger partial charge in [0.1, 0.15) is 12.4 Å². The molecule has 0 saturated heterocycles. The van der Waals surface area contributed by atoms with Gasteiger partial charge >= 0.3 is 0 Å². The zero-order valence-electron chi connectivity index (χ0n) is 9.13. The Morgan fingerprint density at radius 2 is 2.31 bits per heavy atom. The first-order valence-corrected chi connectivity index (χ1v) is 5.11. The van der Waals surface area contributed by atoms with Crippen LogP contribution >= 0.6 is 0 Å². The SMILES string of the molecule is CNCCC(O)C(O)c1cc(C=O)ccn1. The Balaban J connectivity index is 2.70. The predicted octanol–water partition coefficient (Wildman–Crippen LogP) is -0.102. The Bertz CT molecular complexity index is 344. The highest BCUT2D eigenvalue weighted by atomic mass is 16.3. The quantitative estimate of drug-likeness (QED) is 0.588. The summed E-state index contributed by atoms with van der Waals surface area (Å²) >= 11 is 0. The van der Waals surface area contributed by atoms with Gasteiger partial charge in [-0.3, -0.25) is 9.78 Å². The van der Waals surface area contributed by atoms with Gasteiger partial charge in [-0.05, 0) is 32.1 Å². The van der Waals surface area contributed by atoms with Gasteiger partial charge in [-0.25, -0.2) is 0 Å². The van der Waals surface area contributed by atoms with E-state index >= 15 is 0 Å². The summed E-state index contributed by atoms with van der Waals surface area (Å²) in [5.74, 6) is 0. The van der Waals surface area contributed by atoms with Crippen LogP contribution in [0.3, 0.4) is 0 Å². The summed E-state index contributed by atoms with van der Waals surface area (Å²) in [4.78, 5) is 14.5. The van der Waals surface area contributed by atoms with Crippen molar-refractivity contribution in [1.29, 1.82) is 0 Å². The molecule has 0 saturated carbocycles. The van der Waals surface area contributed by atoms with E-state index in [9.17, 15) is 15.0 Å². The van der Waals surface area contributed by atoms with Crippen molar-refractivity contribution >= 4 is 6.29 Å². The van der Waals surface area contributed by atoms with E-state index in [4.69, 9.17) is 0 Å². The van der Waals surface area contributed by atoms with Gasteiger partial charge in [0.05, 0.1) is 11.8 Å². The lowest BCUT2D eigenvalue weighted by atomic mass is 10.1. The summed E-state index contributed by atoms with van der Waals surface area (Å²) in [7, 11) is 1.77. The number of carbonyl (C=O) groups is 1. The molecule has 1 aromatic rings. The van der Waals surface area contributed by atoms with Gasteiger partial charge < -0.3 is 15.5 Å². The van der Waals surface area contributed by atoms with Gasteiger partial charge in [0.2, 0.25) is 0 Å². The molecule has 2 atom stereocenters. The molecule has 1 aromatic heterocycles. The molecule has 0 aromatic carbocycles. The van der Waals surface area contributed by atoms with Crippen molar-refractivity contribution in [3.05, 3.63) is 29.6 Å². The molecule has 0 radical (unpaired) electrons. The van der Waals surface area contributed by atoms with Crippen molar-refractivity contribution in [3.8, 4) is 0 Å². The van der Waals surface area contributed by atoms with E-state index in [0.29, 0.717) is 30.5 Å². The molecule has 1 rings (SSSR count). The second-order valence-corrected chi connectivity index (χ2v) is 3.54. The number of carbonyl (C=O) groups excluding carboxylic acids is 1. The minimum Gasteiger partial charge on any atom is -0.390 e. The lowest BCUT2D eigenvalue weighted by Gasteiger charge is -2.17. The third kappa shape index (κ3) is 3.37. The van der Waals surface area contributed by atoms with Crippen LogP contribution in [-0.2, 0) is 0 Å². The zero-order chi connectivity index (χ0) is 12.0. The summed E-state index contributed by atoms with van der Waals surface area (Å²) in [5.41, 5.74) is 0.748. The summed E-state index contributed by atoms with van der Waals surface area (Å²) in [5, 5.41) is 22.3. The molecule has 0 spiro atoms. The normalized spacial score (nSPS) is 14.4. The van der Waals surface area contributed by atoms with E-state index in [1.807, 2.05) is 0 Å². The fraction of sp³-hybridized carbons (Fsp3) is 0.455. The van der Waals surface area contributed by atoms with Crippen LogP contribution < -0.4 is 5.32 Å². The molecule has 0 aliphatic heterocycles. The van der Waals surface area contributed by atoms with E-state index in [1.54, 1.807) is 13.1 Å². The number of aliphatic hydroxyl groups excluding tert-OH is 2. The maximum atomic E-state index is 10.5. The van der Waals surface area contributed by atoms with Crippen LogP contribution in [-0.4, -0.2) is 41.2 Å². The van der Waals surface area contributed by atoms with Crippen molar-refractivity contribution < 1.29 is 15.0 Å². The Hall–Kier alpha value is -1.30. The highest BCUT2D eigenvalue weighted by Crippen LogP contribution is 2.16. The van der Waals surface area contributed by atoms with E-state index in [1.165, 1.54) is 12.3 Å². The minimum atomic E-state index is -1.06. The van der Waals surface area contributed by atoms with E-state index < -0.39 is 12.2 Å². The molecule has 5 nitrogen and oxygen atoms in total. The maximum absolute atomic E-state index is 10.5. The molecule has 5 heteroatoms. The second kappa shape index (κ2) is 6.32. The summed E-state index contributed by atoms with van der Waals surface area (Å²) in [6, 6.07) is 3.02. The van der Waals surface area contributed by atoms with Gasteiger partial charge in [0.15, 0.2) is 0 Å². The second-order valence-electron chi connectivity index (χ2n) is 3.54. The average Bonchev–Trinajstić information content (AvgIpc) is 2.35. The van der Waals surface area contributed by atoms with Gasteiger partial charge in [0, 0.05) is 11.8 Å². The van der Waals surface area contributed by atoms with Crippen molar-refractivity contribution in [2.24, 2.45) is 0 Å². The number of rotatable bonds is 6. The van der Waals surface area contributed by atoms with Gasteiger partial charge in [-0.1, -0.05) is 0 Å². The fourth-order valence-electron chi connectivity index (χ4n) is 1.35. The van der Waals surface area contributed by atoms with Crippen LogP contribution in [0.5, 0.6) is 0 Å². The molecule has 16 heavy (non-hydrogen) atoms. The molecule has 0 amide bonds. The van der Waals surface area contributed by atoms with Crippen molar-refractivity contribution in [1.82, 2.24) is 10.3 Å². The predicted molar refractivity (Wildman–Crippen MR) is 59.1 cm³/mol. The number of nitrogens with zero attached hydrogens (tertiary/aromatic N) is 1. The van der Waals surface area contributed by atoms with Crippen molar-refractivity contribution in [2.75, 3.05) is 13.6 Å². The van der Waals surface area contributed by atoms with Crippen molar-refractivity contribution in [3.63, 3.8) is 0 Å². The third-order valence-corrected chi connectivity index (χ3v) is 2.30. The Labute approximate surface area is 94.1 Å². The number of pyridine rings is 1. The van der Waals surface area contributed by atoms with Crippen LogP contribution in [0, 0.1) is 0 Å². The summed E-state index contributed by atoms with van der Waals surface area (Å²) in [6.07, 6.45) is 0.588. The molecule has 1 heterocycles. The molecule has 0 bridgehead atoms. The smallest absolute Gasteiger partial charge is 0.150 e. The van der Waals surface area contributed by atoms with E-state index in [-0.39, 0.29) is 0 Å². The van der Waals surface area contributed by atoms with Gasteiger partial charge in [0.25, 0.3) is 0 Å². The molecule has 88 valence electrons. The number of nitrogens with one attached hydrogen (secondary N) is 1. The number of hydrogen-bond acceptors (Lipinski definition) is 5. The van der Waals surface area contributed by atoms with Gasteiger partial charge in [-0.2, -0.15) is 0 Å². The first-order chi connectivity index (χ1) is 7.69. The molecular weight excluding hydrogens is 208 g/mol. The summed E-state index contributed by atoms with van der Waals surface area (Å²) < 4.78 is 0. The monoisotopic (exact) mass is 224 g/mol.